The molecule has 0 radical (unpaired) electrons. The zero-order chi connectivity index (χ0) is 17.7. The lowest BCUT2D eigenvalue weighted by molar-refractivity contribution is 0.0450. The first kappa shape index (κ1) is 17.4. The van der Waals surface area contributed by atoms with Crippen molar-refractivity contribution in [1.29, 1.82) is 0 Å². The minimum Gasteiger partial charge on any atom is -0.490 e. The maximum Gasteiger partial charge on any atom is 0.338 e. The minimum absolute atomic E-state index is 0.00995. The van der Waals surface area contributed by atoms with E-state index in [-0.39, 0.29) is 29.7 Å². The van der Waals surface area contributed by atoms with E-state index in [0.717, 1.165) is 12.8 Å². The van der Waals surface area contributed by atoms with Crippen molar-refractivity contribution in [2.45, 2.75) is 23.8 Å². The van der Waals surface area contributed by atoms with Crippen LogP contribution < -0.4 is 9.46 Å². The molecule has 132 valence electrons. The lowest BCUT2D eigenvalue weighted by atomic mass is 10.2. The van der Waals surface area contributed by atoms with Crippen LogP contribution in [0.5, 0.6) is 5.75 Å². The highest BCUT2D eigenvalue weighted by atomic mass is 32.2. The zero-order valence-electron chi connectivity index (χ0n) is 13.6. The van der Waals surface area contributed by atoms with Gasteiger partial charge < -0.3 is 9.47 Å². The van der Waals surface area contributed by atoms with E-state index in [4.69, 9.17) is 9.47 Å². The van der Waals surface area contributed by atoms with Gasteiger partial charge in [0.15, 0.2) is 0 Å². The molecule has 0 spiro atoms. The van der Waals surface area contributed by atoms with Gasteiger partial charge in [-0.15, -0.1) is 0 Å². The second kappa shape index (κ2) is 7.67. The summed E-state index contributed by atoms with van der Waals surface area (Å²) in [5, 5.41) is 0. The van der Waals surface area contributed by atoms with Crippen molar-refractivity contribution in [3.8, 4) is 5.75 Å². The first-order valence-corrected chi connectivity index (χ1v) is 9.50. The number of para-hydroxylation sites is 1. The van der Waals surface area contributed by atoms with Crippen LogP contribution in [-0.4, -0.2) is 33.6 Å². The summed E-state index contributed by atoms with van der Waals surface area (Å²) < 4.78 is 37.5. The Hall–Kier alpha value is -2.38. The second-order valence-electron chi connectivity index (χ2n) is 5.72. The summed E-state index contributed by atoms with van der Waals surface area (Å²) in [6.45, 7) is 0.294. The molecule has 1 saturated carbocycles. The monoisotopic (exact) mass is 361 g/mol. The molecule has 0 aromatic heterocycles. The van der Waals surface area contributed by atoms with Gasteiger partial charge in [-0.05, 0) is 43.2 Å². The van der Waals surface area contributed by atoms with Gasteiger partial charge in [-0.25, -0.2) is 17.9 Å². The third kappa shape index (κ3) is 5.04. The SMILES string of the molecule is O=C(OCCOc1ccccc1)c1cccc(S(=O)(=O)NC2CC2)c1. The van der Waals surface area contributed by atoms with Gasteiger partial charge >= 0.3 is 5.97 Å². The van der Waals surface area contributed by atoms with Gasteiger partial charge in [0.1, 0.15) is 19.0 Å². The van der Waals surface area contributed by atoms with E-state index in [1.807, 2.05) is 30.3 Å². The largest absolute Gasteiger partial charge is 0.490 e. The Morgan fingerprint density at radius 3 is 2.52 bits per heavy atom. The highest BCUT2D eigenvalue weighted by Gasteiger charge is 2.28. The number of hydrogen-bond donors (Lipinski definition) is 1. The fraction of sp³-hybridized carbons (Fsp3) is 0.278. The predicted molar refractivity (Wildman–Crippen MR) is 92.0 cm³/mol. The van der Waals surface area contributed by atoms with Crippen molar-refractivity contribution in [2.24, 2.45) is 0 Å². The van der Waals surface area contributed by atoms with E-state index in [1.54, 1.807) is 0 Å². The van der Waals surface area contributed by atoms with Gasteiger partial charge in [0.2, 0.25) is 10.0 Å². The molecule has 0 atom stereocenters. The molecular formula is C18H19NO5S. The van der Waals surface area contributed by atoms with Crippen molar-refractivity contribution in [1.82, 2.24) is 4.72 Å². The van der Waals surface area contributed by atoms with Crippen LogP contribution in [0.1, 0.15) is 23.2 Å². The van der Waals surface area contributed by atoms with E-state index in [2.05, 4.69) is 4.72 Å². The third-order valence-electron chi connectivity index (χ3n) is 3.61. The number of esters is 1. The highest BCUT2D eigenvalue weighted by Crippen LogP contribution is 2.22. The van der Waals surface area contributed by atoms with Crippen LogP contribution in [0.25, 0.3) is 0 Å². The van der Waals surface area contributed by atoms with Crippen molar-refractivity contribution in [2.75, 3.05) is 13.2 Å². The van der Waals surface area contributed by atoms with Gasteiger partial charge in [-0.3, -0.25) is 0 Å². The van der Waals surface area contributed by atoms with Crippen molar-refractivity contribution in [3.05, 3.63) is 60.2 Å². The molecule has 1 aliphatic rings. The van der Waals surface area contributed by atoms with Crippen LogP contribution >= 0.6 is 0 Å². The summed E-state index contributed by atoms with van der Waals surface area (Å²) >= 11 is 0. The Balaban J connectivity index is 1.54. The number of carbonyl (C=O) groups is 1. The molecule has 1 fully saturated rings. The summed E-state index contributed by atoms with van der Waals surface area (Å²) in [6, 6.07) is 15.0. The molecule has 0 heterocycles. The molecule has 7 heteroatoms. The highest BCUT2D eigenvalue weighted by molar-refractivity contribution is 7.89. The Kier molecular flexibility index (Phi) is 5.35. The molecular weight excluding hydrogens is 342 g/mol. The Bertz CT molecular complexity index is 832. The van der Waals surface area contributed by atoms with Gasteiger partial charge in [0.05, 0.1) is 10.5 Å². The van der Waals surface area contributed by atoms with E-state index >= 15 is 0 Å². The maximum atomic E-state index is 12.2. The van der Waals surface area contributed by atoms with E-state index in [9.17, 15) is 13.2 Å². The van der Waals surface area contributed by atoms with Gasteiger partial charge in [-0.1, -0.05) is 24.3 Å². The third-order valence-corrected chi connectivity index (χ3v) is 5.13. The number of rotatable bonds is 8. The molecule has 0 unspecified atom stereocenters. The first-order chi connectivity index (χ1) is 12.0. The van der Waals surface area contributed by atoms with Crippen LogP contribution in [0.3, 0.4) is 0 Å². The lowest BCUT2D eigenvalue weighted by Gasteiger charge is -2.09. The lowest BCUT2D eigenvalue weighted by Crippen LogP contribution is -2.26. The summed E-state index contributed by atoms with van der Waals surface area (Å²) in [7, 11) is -3.60. The molecule has 0 amide bonds. The number of nitrogens with one attached hydrogen (secondary N) is 1. The fourth-order valence-electron chi connectivity index (χ4n) is 2.17. The molecule has 3 rings (SSSR count). The minimum atomic E-state index is -3.60. The average Bonchev–Trinajstić information content (AvgIpc) is 3.43. The normalized spacial score (nSPS) is 14.1. The van der Waals surface area contributed by atoms with Crippen LogP contribution in [-0.2, 0) is 14.8 Å². The molecule has 6 nitrogen and oxygen atoms in total. The van der Waals surface area contributed by atoms with E-state index < -0.39 is 16.0 Å². The Labute approximate surface area is 146 Å². The fourth-order valence-corrected chi connectivity index (χ4v) is 3.52. The van der Waals surface area contributed by atoms with Crippen molar-refractivity contribution >= 4 is 16.0 Å². The number of carbonyl (C=O) groups excluding carboxylic acids is 1. The first-order valence-electron chi connectivity index (χ1n) is 8.02. The summed E-state index contributed by atoms with van der Waals surface area (Å²) in [6.07, 6.45) is 1.70. The molecule has 2 aromatic carbocycles. The van der Waals surface area contributed by atoms with E-state index in [1.165, 1.54) is 24.3 Å². The standard InChI is InChI=1S/C18H19NO5S/c20-18(24-12-11-23-16-6-2-1-3-7-16)14-5-4-8-17(13-14)25(21,22)19-15-9-10-15/h1-8,13,15,19H,9-12H2. The summed E-state index contributed by atoms with van der Waals surface area (Å²) in [4.78, 5) is 12.1. The molecule has 1 aliphatic carbocycles. The zero-order valence-corrected chi connectivity index (χ0v) is 14.4. The van der Waals surface area contributed by atoms with Crippen LogP contribution in [0.15, 0.2) is 59.5 Å². The maximum absolute atomic E-state index is 12.2. The molecule has 25 heavy (non-hydrogen) atoms. The summed E-state index contributed by atoms with van der Waals surface area (Å²) in [5.41, 5.74) is 0.193. The summed E-state index contributed by atoms with van der Waals surface area (Å²) in [5.74, 6) is 0.109. The van der Waals surface area contributed by atoms with Gasteiger partial charge in [0, 0.05) is 6.04 Å². The smallest absolute Gasteiger partial charge is 0.338 e. The predicted octanol–water partition coefficient (Wildman–Crippen LogP) is 2.36. The van der Waals surface area contributed by atoms with Gasteiger partial charge in [0.25, 0.3) is 0 Å². The van der Waals surface area contributed by atoms with E-state index in [0.29, 0.717) is 5.75 Å². The molecule has 0 bridgehead atoms. The number of benzene rings is 2. The average molecular weight is 361 g/mol. The molecule has 0 aliphatic heterocycles. The topological polar surface area (TPSA) is 81.7 Å². The number of sulfonamides is 1. The van der Waals surface area contributed by atoms with Gasteiger partial charge in [-0.2, -0.15) is 0 Å². The molecule has 1 N–H and O–H groups in total. The molecule has 2 aromatic rings. The Morgan fingerprint density at radius 1 is 1.04 bits per heavy atom. The van der Waals surface area contributed by atoms with Crippen molar-refractivity contribution in [3.63, 3.8) is 0 Å². The Morgan fingerprint density at radius 2 is 1.80 bits per heavy atom. The van der Waals surface area contributed by atoms with Crippen LogP contribution in [0.2, 0.25) is 0 Å². The molecule has 0 saturated heterocycles. The number of ether oxygens (including phenoxy) is 2. The van der Waals surface area contributed by atoms with Crippen LogP contribution in [0.4, 0.5) is 0 Å². The van der Waals surface area contributed by atoms with Crippen LogP contribution in [0, 0.1) is 0 Å². The second-order valence-corrected chi connectivity index (χ2v) is 7.43. The van der Waals surface area contributed by atoms with Crippen molar-refractivity contribution < 1.29 is 22.7 Å². The number of hydrogen-bond acceptors (Lipinski definition) is 5. The quantitative estimate of drug-likeness (QED) is 0.577.